The Morgan fingerprint density at radius 3 is 2.62 bits per heavy atom. The van der Waals surface area contributed by atoms with E-state index in [2.05, 4.69) is 5.32 Å². The van der Waals surface area contributed by atoms with Crippen LogP contribution in [0.25, 0.3) is 0 Å². The molecule has 8 heteroatoms. The van der Waals surface area contributed by atoms with Gasteiger partial charge in [-0.2, -0.15) is 13.2 Å². The van der Waals surface area contributed by atoms with E-state index in [1.807, 2.05) is 6.92 Å². The van der Waals surface area contributed by atoms with Crippen LogP contribution in [-0.2, 0) is 6.18 Å². The van der Waals surface area contributed by atoms with Gasteiger partial charge in [0.15, 0.2) is 0 Å². The molecule has 0 saturated carbocycles. The van der Waals surface area contributed by atoms with Crippen molar-refractivity contribution in [1.82, 2.24) is 0 Å². The van der Waals surface area contributed by atoms with E-state index in [0.717, 1.165) is 18.6 Å². The van der Waals surface area contributed by atoms with Crippen molar-refractivity contribution < 1.29 is 23.2 Å². The molecule has 0 saturated heterocycles. The minimum absolute atomic E-state index is 0.0560. The standard InChI is InChI=1S/C13H17F3N2O3/c1-9(8-19)3-2-6-17-11-5-4-10(13(14,15)16)7-12(11)18(20)21/h4-5,7,9,17,19H,2-3,6,8H2,1H3. The summed E-state index contributed by atoms with van der Waals surface area (Å²) in [6.07, 6.45) is -3.24. The molecule has 0 aliphatic rings. The molecule has 0 aromatic heterocycles. The van der Waals surface area contributed by atoms with Gasteiger partial charge in [-0.1, -0.05) is 6.92 Å². The van der Waals surface area contributed by atoms with Crippen molar-refractivity contribution in [2.45, 2.75) is 25.9 Å². The van der Waals surface area contributed by atoms with Gasteiger partial charge >= 0.3 is 6.18 Å². The lowest BCUT2D eigenvalue weighted by Gasteiger charge is -2.11. The highest BCUT2D eigenvalue weighted by Gasteiger charge is 2.32. The lowest BCUT2D eigenvalue weighted by molar-refractivity contribution is -0.384. The average Bonchev–Trinajstić information content (AvgIpc) is 2.41. The maximum absolute atomic E-state index is 12.5. The van der Waals surface area contributed by atoms with Crippen molar-refractivity contribution in [3.8, 4) is 0 Å². The molecule has 0 amide bonds. The number of hydrogen-bond donors (Lipinski definition) is 2. The smallest absolute Gasteiger partial charge is 0.396 e. The van der Waals surface area contributed by atoms with Gasteiger partial charge in [-0.25, -0.2) is 0 Å². The number of rotatable bonds is 7. The topological polar surface area (TPSA) is 75.4 Å². The number of hydrogen-bond acceptors (Lipinski definition) is 4. The molecule has 0 aliphatic heterocycles. The summed E-state index contributed by atoms with van der Waals surface area (Å²) >= 11 is 0. The first-order valence-electron chi connectivity index (χ1n) is 6.46. The lowest BCUT2D eigenvalue weighted by Crippen LogP contribution is -2.10. The van der Waals surface area contributed by atoms with E-state index >= 15 is 0 Å². The number of nitrogens with zero attached hydrogens (tertiary/aromatic N) is 1. The maximum Gasteiger partial charge on any atom is 0.416 e. The van der Waals surface area contributed by atoms with E-state index in [1.54, 1.807) is 0 Å². The number of anilines is 1. The molecule has 118 valence electrons. The average molecular weight is 306 g/mol. The van der Waals surface area contributed by atoms with Crippen molar-refractivity contribution in [2.75, 3.05) is 18.5 Å². The Bertz CT molecular complexity index is 492. The van der Waals surface area contributed by atoms with E-state index in [-0.39, 0.29) is 18.2 Å². The second-order valence-corrected chi connectivity index (χ2v) is 4.84. The first-order valence-corrected chi connectivity index (χ1v) is 6.46. The fourth-order valence-electron chi connectivity index (χ4n) is 1.77. The third-order valence-electron chi connectivity index (χ3n) is 3.02. The van der Waals surface area contributed by atoms with E-state index in [4.69, 9.17) is 5.11 Å². The summed E-state index contributed by atoms with van der Waals surface area (Å²) in [6, 6.07) is 2.40. The van der Waals surface area contributed by atoms with E-state index in [0.29, 0.717) is 19.0 Å². The van der Waals surface area contributed by atoms with Crippen LogP contribution in [0.2, 0.25) is 0 Å². The van der Waals surface area contributed by atoms with Gasteiger partial charge in [0.25, 0.3) is 5.69 Å². The summed E-state index contributed by atoms with van der Waals surface area (Å²) in [5.41, 5.74) is -1.58. The van der Waals surface area contributed by atoms with E-state index in [9.17, 15) is 23.3 Å². The van der Waals surface area contributed by atoms with Gasteiger partial charge in [0.2, 0.25) is 0 Å². The highest BCUT2D eigenvalue weighted by molar-refractivity contribution is 5.62. The normalized spacial score (nSPS) is 13.0. The highest BCUT2D eigenvalue weighted by atomic mass is 19.4. The highest BCUT2D eigenvalue weighted by Crippen LogP contribution is 2.34. The lowest BCUT2D eigenvalue weighted by atomic mass is 10.1. The van der Waals surface area contributed by atoms with Crippen LogP contribution in [0, 0.1) is 16.0 Å². The molecule has 0 heterocycles. The number of alkyl halides is 3. The van der Waals surface area contributed by atoms with Gasteiger partial charge in [-0.3, -0.25) is 10.1 Å². The third-order valence-corrected chi connectivity index (χ3v) is 3.02. The Balaban J connectivity index is 2.76. The number of nitro benzene ring substituents is 1. The number of aliphatic hydroxyl groups excluding tert-OH is 1. The maximum atomic E-state index is 12.5. The molecule has 0 radical (unpaired) electrons. The van der Waals surface area contributed by atoms with E-state index in [1.165, 1.54) is 0 Å². The monoisotopic (exact) mass is 306 g/mol. The molecule has 2 N–H and O–H groups in total. The molecule has 1 unspecified atom stereocenters. The molecule has 0 aliphatic carbocycles. The molecule has 0 fully saturated rings. The van der Waals surface area contributed by atoms with Crippen LogP contribution in [0.3, 0.4) is 0 Å². The predicted octanol–water partition coefficient (Wildman–Crippen LogP) is 3.43. The second kappa shape index (κ2) is 7.26. The minimum atomic E-state index is -4.61. The summed E-state index contributed by atoms with van der Waals surface area (Å²) in [4.78, 5) is 10.0. The predicted molar refractivity (Wildman–Crippen MR) is 72.1 cm³/mol. The fraction of sp³-hybridized carbons (Fsp3) is 0.538. The Hall–Kier alpha value is -1.83. The quantitative estimate of drug-likeness (QED) is 0.460. The molecular formula is C13H17F3N2O3. The van der Waals surface area contributed by atoms with Crippen molar-refractivity contribution >= 4 is 11.4 Å². The Kier molecular flexibility index (Phi) is 5.95. The first kappa shape index (κ1) is 17.2. The SMILES string of the molecule is CC(CO)CCCNc1ccc(C(F)(F)F)cc1[N+](=O)[O-]. The summed E-state index contributed by atoms with van der Waals surface area (Å²) < 4.78 is 37.6. The molecule has 1 rings (SSSR count). The Morgan fingerprint density at radius 2 is 2.10 bits per heavy atom. The Morgan fingerprint density at radius 1 is 1.43 bits per heavy atom. The summed E-state index contributed by atoms with van der Waals surface area (Å²) in [5.74, 6) is 0.120. The van der Waals surface area contributed by atoms with Gasteiger partial charge in [-0.15, -0.1) is 0 Å². The minimum Gasteiger partial charge on any atom is -0.396 e. The molecule has 21 heavy (non-hydrogen) atoms. The summed E-state index contributed by atoms with van der Waals surface area (Å²) in [5, 5.41) is 22.5. The van der Waals surface area contributed by atoms with Gasteiger partial charge in [0.05, 0.1) is 10.5 Å². The molecule has 1 aromatic rings. The van der Waals surface area contributed by atoms with Gasteiger partial charge in [-0.05, 0) is 30.9 Å². The van der Waals surface area contributed by atoms with Crippen molar-refractivity contribution in [2.24, 2.45) is 5.92 Å². The number of nitrogens with one attached hydrogen (secondary N) is 1. The molecular weight excluding hydrogens is 289 g/mol. The summed E-state index contributed by atoms with van der Waals surface area (Å²) in [7, 11) is 0. The zero-order valence-electron chi connectivity index (χ0n) is 11.5. The van der Waals surface area contributed by atoms with Crippen molar-refractivity contribution in [3.63, 3.8) is 0 Å². The third kappa shape index (κ3) is 5.22. The molecule has 1 atom stereocenters. The van der Waals surface area contributed by atoms with Crippen LogP contribution in [0.1, 0.15) is 25.3 Å². The van der Waals surface area contributed by atoms with Gasteiger partial charge < -0.3 is 10.4 Å². The van der Waals surface area contributed by atoms with Gasteiger partial charge in [0.1, 0.15) is 5.69 Å². The number of benzene rings is 1. The van der Waals surface area contributed by atoms with Crippen LogP contribution in [0.15, 0.2) is 18.2 Å². The molecule has 0 spiro atoms. The number of aliphatic hydroxyl groups is 1. The second-order valence-electron chi connectivity index (χ2n) is 4.84. The van der Waals surface area contributed by atoms with Crippen LogP contribution in [-0.4, -0.2) is 23.2 Å². The van der Waals surface area contributed by atoms with Crippen molar-refractivity contribution in [1.29, 1.82) is 0 Å². The van der Waals surface area contributed by atoms with E-state index < -0.39 is 22.4 Å². The van der Waals surface area contributed by atoms with Crippen LogP contribution in [0.4, 0.5) is 24.5 Å². The van der Waals surface area contributed by atoms with Crippen molar-refractivity contribution in [3.05, 3.63) is 33.9 Å². The van der Waals surface area contributed by atoms with Crippen LogP contribution < -0.4 is 5.32 Å². The molecule has 1 aromatic carbocycles. The van der Waals surface area contributed by atoms with Crippen LogP contribution in [0.5, 0.6) is 0 Å². The zero-order valence-corrected chi connectivity index (χ0v) is 11.5. The molecule has 0 bridgehead atoms. The summed E-state index contributed by atoms with van der Waals surface area (Å²) in [6.45, 7) is 2.30. The number of halogens is 3. The molecule has 5 nitrogen and oxygen atoms in total. The fourth-order valence-corrected chi connectivity index (χ4v) is 1.77. The van der Waals surface area contributed by atoms with Crippen LogP contribution >= 0.6 is 0 Å². The first-order chi connectivity index (χ1) is 9.75. The largest absolute Gasteiger partial charge is 0.416 e. The Labute approximate surface area is 119 Å². The van der Waals surface area contributed by atoms with Gasteiger partial charge in [0, 0.05) is 19.2 Å². The number of nitro groups is 1. The zero-order chi connectivity index (χ0) is 16.0.